The van der Waals surface area contributed by atoms with Gasteiger partial charge in [-0.25, -0.2) is 0 Å². The third kappa shape index (κ3) is 3.74. The predicted octanol–water partition coefficient (Wildman–Crippen LogP) is 5.99. The minimum atomic E-state index is -0.0604. The lowest BCUT2D eigenvalue weighted by Gasteiger charge is -2.42. The SMILES string of the molecule is Cc1cc2c(cc1/C(=N/O)c1ccc(C3=C(O)CCCC3=O)cn1)C(C)(C)CCC2(C)C. The highest BCUT2D eigenvalue weighted by Crippen LogP contribution is 2.46. The van der Waals surface area contributed by atoms with Gasteiger partial charge in [0.15, 0.2) is 5.78 Å². The molecular weight excluding hydrogens is 400 g/mol. The molecule has 168 valence electrons. The number of rotatable bonds is 3. The molecule has 0 bridgehead atoms. The molecule has 5 nitrogen and oxygen atoms in total. The van der Waals surface area contributed by atoms with Crippen LogP contribution in [0.2, 0.25) is 0 Å². The molecular formula is C27H32N2O3. The fraction of sp³-hybridized carbons (Fsp3) is 0.444. The molecule has 1 heterocycles. The van der Waals surface area contributed by atoms with E-state index < -0.39 is 0 Å². The average molecular weight is 433 g/mol. The zero-order valence-corrected chi connectivity index (χ0v) is 19.6. The van der Waals surface area contributed by atoms with Crippen LogP contribution in [0.15, 0.2) is 41.4 Å². The van der Waals surface area contributed by atoms with Crippen molar-refractivity contribution in [1.82, 2.24) is 4.98 Å². The Morgan fingerprint density at radius 3 is 2.25 bits per heavy atom. The van der Waals surface area contributed by atoms with Gasteiger partial charge in [-0.1, -0.05) is 45.0 Å². The van der Waals surface area contributed by atoms with Gasteiger partial charge in [-0.15, -0.1) is 0 Å². The van der Waals surface area contributed by atoms with E-state index in [2.05, 4.69) is 50.0 Å². The number of hydrogen-bond donors (Lipinski definition) is 2. The summed E-state index contributed by atoms with van der Waals surface area (Å²) in [6, 6.07) is 7.91. The average Bonchev–Trinajstić information content (AvgIpc) is 2.74. The van der Waals surface area contributed by atoms with Gasteiger partial charge in [0.1, 0.15) is 11.5 Å². The number of hydrogen-bond acceptors (Lipinski definition) is 5. The van der Waals surface area contributed by atoms with Crippen molar-refractivity contribution in [2.75, 3.05) is 0 Å². The number of aliphatic hydroxyl groups is 1. The lowest BCUT2D eigenvalue weighted by Crippen LogP contribution is -2.34. The third-order valence-electron chi connectivity index (χ3n) is 7.23. The van der Waals surface area contributed by atoms with Crippen molar-refractivity contribution < 1.29 is 15.1 Å². The highest BCUT2D eigenvalue weighted by molar-refractivity contribution is 6.22. The lowest BCUT2D eigenvalue weighted by atomic mass is 9.62. The number of aliphatic hydroxyl groups excluding tert-OH is 1. The summed E-state index contributed by atoms with van der Waals surface area (Å²) in [5.74, 6) is 0.0666. The predicted molar refractivity (Wildman–Crippen MR) is 127 cm³/mol. The van der Waals surface area contributed by atoms with Crippen molar-refractivity contribution in [2.45, 2.75) is 77.6 Å². The van der Waals surface area contributed by atoms with Crippen LogP contribution in [0.3, 0.4) is 0 Å². The van der Waals surface area contributed by atoms with Gasteiger partial charge in [0.25, 0.3) is 0 Å². The number of oxime groups is 1. The molecule has 0 spiro atoms. The molecule has 0 saturated heterocycles. The largest absolute Gasteiger partial charge is 0.512 e. The molecule has 0 atom stereocenters. The van der Waals surface area contributed by atoms with Crippen LogP contribution in [0, 0.1) is 6.92 Å². The van der Waals surface area contributed by atoms with E-state index in [1.54, 1.807) is 18.3 Å². The van der Waals surface area contributed by atoms with E-state index in [0.717, 1.165) is 24.0 Å². The Balaban J connectivity index is 1.77. The van der Waals surface area contributed by atoms with Crippen LogP contribution in [0.25, 0.3) is 5.57 Å². The lowest BCUT2D eigenvalue weighted by molar-refractivity contribution is -0.114. The molecule has 0 fully saturated rings. The summed E-state index contributed by atoms with van der Waals surface area (Å²) < 4.78 is 0. The Bertz CT molecular complexity index is 1140. The summed E-state index contributed by atoms with van der Waals surface area (Å²) in [5.41, 5.74) is 6.56. The fourth-order valence-corrected chi connectivity index (χ4v) is 5.06. The van der Waals surface area contributed by atoms with Crippen LogP contribution in [-0.4, -0.2) is 26.8 Å². The zero-order chi connectivity index (χ0) is 23.3. The minimum absolute atomic E-state index is 0.0382. The van der Waals surface area contributed by atoms with Gasteiger partial charge in [-0.2, -0.15) is 0 Å². The number of nitrogens with zero attached hydrogens (tertiary/aromatic N) is 2. The molecule has 32 heavy (non-hydrogen) atoms. The molecule has 2 aliphatic carbocycles. The monoisotopic (exact) mass is 432 g/mol. The second kappa shape index (κ2) is 7.88. The molecule has 4 rings (SSSR count). The number of aromatic nitrogens is 1. The van der Waals surface area contributed by atoms with Crippen LogP contribution >= 0.6 is 0 Å². The first-order valence-electron chi connectivity index (χ1n) is 11.4. The standard InChI is InChI=1S/C27H32N2O3/c1-16-13-19-20(27(4,5)12-11-26(19,2)3)14-18(16)25(29-32)21-10-9-17(15-28-21)24-22(30)7-6-8-23(24)31/h9-10,13-15,30,32H,6-8,11-12H2,1-5H3/b29-25-. The summed E-state index contributed by atoms with van der Waals surface area (Å²) in [7, 11) is 0. The highest BCUT2D eigenvalue weighted by Gasteiger charge is 2.37. The molecule has 1 aromatic carbocycles. The van der Waals surface area contributed by atoms with Crippen molar-refractivity contribution in [3.8, 4) is 0 Å². The Morgan fingerprint density at radius 1 is 1.03 bits per heavy atom. The van der Waals surface area contributed by atoms with Crippen LogP contribution in [-0.2, 0) is 15.6 Å². The number of pyridine rings is 1. The van der Waals surface area contributed by atoms with Crippen molar-refractivity contribution >= 4 is 17.1 Å². The van der Waals surface area contributed by atoms with Gasteiger partial charge < -0.3 is 10.3 Å². The molecule has 2 aliphatic rings. The van der Waals surface area contributed by atoms with Crippen LogP contribution in [0.4, 0.5) is 0 Å². The number of carbonyl (C=O) groups excluding carboxylic acids is 1. The number of allylic oxidation sites excluding steroid dienone is 2. The normalized spacial score (nSPS) is 20.3. The molecule has 0 radical (unpaired) electrons. The molecule has 2 N–H and O–H groups in total. The third-order valence-corrected chi connectivity index (χ3v) is 7.23. The first kappa shape index (κ1) is 22.3. The second-order valence-corrected chi connectivity index (χ2v) is 10.5. The molecule has 5 heteroatoms. The van der Waals surface area contributed by atoms with E-state index >= 15 is 0 Å². The Hall–Kier alpha value is -2.95. The first-order chi connectivity index (χ1) is 15.0. The Morgan fingerprint density at radius 2 is 1.69 bits per heavy atom. The van der Waals surface area contributed by atoms with Gasteiger partial charge in [0.05, 0.1) is 11.3 Å². The van der Waals surface area contributed by atoms with Gasteiger partial charge >= 0.3 is 0 Å². The second-order valence-electron chi connectivity index (χ2n) is 10.5. The Labute approximate surface area is 189 Å². The van der Waals surface area contributed by atoms with Gasteiger partial charge in [0.2, 0.25) is 0 Å². The number of ketones is 1. The fourth-order valence-electron chi connectivity index (χ4n) is 5.06. The number of aryl methyl sites for hydroxylation is 1. The van der Waals surface area contributed by atoms with Crippen LogP contribution in [0.5, 0.6) is 0 Å². The molecule has 0 aliphatic heterocycles. The van der Waals surface area contributed by atoms with E-state index in [1.807, 2.05) is 6.92 Å². The van der Waals surface area contributed by atoms with Crippen molar-refractivity contribution in [3.63, 3.8) is 0 Å². The van der Waals surface area contributed by atoms with Crippen molar-refractivity contribution in [3.05, 3.63) is 69.7 Å². The summed E-state index contributed by atoms with van der Waals surface area (Å²) in [4.78, 5) is 16.8. The van der Waals surface area contributed by atoms with Gasteiger partial charge in [0, 0.05) is 30.2 Å². The minimum Gasteiger partial charge on any atom is -0.512 e. The summed E-state index contributed by atoms with van der Waals surface area (Å²) >= 11 is 0. The summed E-state index contributed by atoms with van der Waals surface area (Å²) in [5, 5.41) is 23.8. The molecule has 0 unspecified atom stereocenters. The van der Waals surface area contributed by atoms with Crippen LogP contribution < -0.4 is 0 Å². The van der Waals surface area contributed by atoms with Gasteiger partial charge in [-0.05, 0) is 65.8 Å². The zero-order valence-electron chi connectivity index (χ0n) is 19.6. The summed E-state index contributed by atoms with van der Waals surface area (Å²) in [6.45, 7) is 11.2. The maximum Gasteiger partial charge on any atom is 0.166 e. The van der Waals surface area contributed by atoms with Crippen molar-refractivity contribution in [2.24, 2.45) is 5.16 Å². The van der Waals surface area contributed by atoms with E-state index in [0.29, 0.717) is 41.8 Å². The van der Waals surface area contributed by atoms with E-state index in [9.17, 15) is 15.1 Å². The number of carbonyl (C=O) groups is 1. The van der Waals surface area contributed by atoms with Gasteiger partial charge in [-0.3, -0.25) is 9.78 Å². The molecule has 0 amide bonds. The van der Waals surface area contributed by atoms with Crippen LogP contribution in [0.1, 0.15) is 93.3 Å². The quantitative estimate of drug-likeness (QED) is 0.355. The first-order valence-corrected chi connectivity index (χ1v) is 11.4. The molecule has 0 saturated carbocycles. The Kier molecular flexibility index (Phi) is 5.48. The van der Waals surface area contributed by atoms with E-state index in [-0.39, 0.29) is 22.4 Å². The smallest absolute Gasteiger partial charge is 0.166 e. The maximum atomic E-state index is 12.3. The van der Waals surface area contributed by atoms with E-state index in [1.165, 1.54) is 11.1 Å². The van der Waals surface area contributed by atoms with Crippen molar-refractivity contribution in [1.29, 1.82) is 0 Å². The number of fused-ring (bicyclic) bond motifs is 1. The number of benzene rings is 1. The number of Topliss-reactive ketones (excluding diaryl/α,β-unsaturated/α-hetero) is 1. The highest BCUT2D eigenvalue weighted by atomic mass is 16.4. The van der Waals surface area contributed by atoms with E-state index in [4.69, 9.17) is 0 Å². The topological polar surface area (TPSA) is 82.8 Å². The molecule has 1 aromatic heterocycles. The summed E-state index contributed by atoms with van der Waals surface area (Å²) in [6.07, 6.45) is 5.43. The molecule has 2 aromatic rings. The maximum absolute atomic E-state index is 12.3.